The van der Waals surface area contributed by atoms with Crippen LogP contribution in [0, 0.1) is 10.1 Å². The predicted octanol–water partition coefficient (Wildman–Crippen LogP) is 4.98. The molecule has 0 radical (unpaired) electrons. The van der Waals surface area contributed by atoms with Gasteiger partial charge in [-0.1, -0.05) is 64.5 Å². The third-order valence-corrected chi connectivity index (χ3v) is 5.47. The van der Waals surface area contributed by atoms with E-state index >= 15 is 0 Å². The Morgan fingerprint density at radius 2 is 1.68 bits per heavy atom. The first-order valence-electron chi connectivity index (χ1n) is 9.25. The first-order valence-corrected chi connectivity index (χ1v) is 10.0. The number of nitrogens with zero attached hydrogens (tertiary/aromatic N) is 2. The number of amides is 1. The van der Waals surface area contributed by atoms with Crippen LogP contribution in [0.3, 0.4) is 0 Å². The molecule has 1 saturated heterocycles. The number of non-ortho nitro benzene ring substituents is 1. The van der Waals surface area contributed by atoms with Crippen LogP contribution in [0.5, 0.6) is 0 Å². The van der Waals surface area contributed by atoms with Crippen LogP contribution in [0.1, 0.15) is 17.2 Å². The number of hydrogen-bond acceptors (Lipinski definition) is 5. The zero-order valence-electron chi connectivity index (χ0n) is 15.9. The number of nitro groups is 1. The second kappa shape index (κ2) is 8.16. The van der Waals surface area contributed by atoms with Crippen molar-refractivity contribution in [1.29, 1.82) is 0 Å². The third kappa shape index (κ3) is 3.73. The Bertz CT molecular complexity index is 1240. The molecule has 7 nitrogen and oxygen atoms in total. The summed E-state index contributed by atoms with van der Waals surface area (Å²) in [5.41, 5.74) is 0.810. The number of hydrogen-bond donors (Lipinski definition) is 1. The van der Waals surface area contributed by atoms with E-state index in [2.05, 4.69) is 15.9 Å². The standard InChI is InChI=1S/C23H15BrN2O5/c24-16-9-5-10-17(13-16)25-20(15-8-4-11-18(12-15)26(30)31)19(22(28)23(25)29)21(27)14-6-2-1-3-7-14/h1-13,20,27H/b21-19+/t20-/m1/s1. The number of Topliss-reactive ketones (excluding diaryl/α,β-unsaturated/α-hetero) is 1. The Labute approximate surface area is 185 Å². The van der Waals surface area contributed by atoms with E-state index in [1.165, 1.54) is 23.1 Å². The number of anilines is 1. The predicted molar refractivity (Wildman–Crippen MR) is 118 cm³/mol. The van der Waals surface area contributed by atoms with Gasteiger partial charge < -0.3 is 5.11 Å². The summed E-state index contributed by atoms with van der Waals surface area (Å²) >= 11 is 3.36. The fraction of sp³-hybridized carbons (Fsp3) is 0.0435. The van der Waals surface area contributed by atoms with Crippen molar-refractivity contribution in [2.45, 2.75) is 6.04 Å². The maximum absolute atomic E-state index is 13.0. The molecule has 1 amide bonds. The summed E-state index contributed by atoms with van der Waals surface area (Å²) in [7, 11) is 0. The molecule has 0 bridgehead atoms. The highest BCUT2D eigenvalue weighted by atomic mass is 79.9. The second-order valence-electron chi connectivity index (χ2n) is 6.87. The van der Waals surface area contributed by atoms with E-state index in [1.54, 1.807) is 60.7 Å². The van der Waals surface area contributed by atoms with E-state index in [1.807, 2.05) is 0 Å². The number of rotatable bonds is 4. The maximum Gasteiger partial charge on any atom is 0.300 e. The van der Waals surface area contributed by atoms with Gasteiger partial charge in [0.25, 0.3) is 17.4 Å². The molecule has 3 aromatic carbocycles. The van der Waals surface area contributed by atoms with E-state index in [4.69, 9.17) is 0 Å². The topological polar surface area (TPSA) is 101 Å². The van der Waals surface area contributed by atoms with E-state index in [0.29, 0.717) is 21.3 Å². The highest BCUT2D eigenvalue weighted by Gasteiger charge is 2.47. The number of benzene rings is 3. The number of halogens is 1. The lowest BCUT2D eigenvalue weighted by molar-refractivity contribution is -0.384. The van der Waals surface area contributed by atoms with E-state index < -0.39 is 22.7 Å². The highest BCUT2D eigenvalue weighted by molar-refractivity contribution is 9.10. The Kier molecular flexibility index (Phi) is 5.39. The van der Waals surface area contributed by atoms with Gasteiger partial charge in [-0.15, -0.1) is 0 Å². The molecule has 0 aromatic heterocycles. The number of aliphatic hydroxyl groups is 1. The summed E-state index contributed by atoms with van der Waals surface area (Å²) in [6.45, 7) is 0. The molecular weight excluding hydrogens is 464 g/mol. The molecule has 1 atom stereocenters. The first-order chi connectivity index (χ1) is 14.9. The Morgan fingerprint density at radius 3 is 2.35 bits per heavy atom. The molecule has 3 aromatic rings. The summed E-state index contributed by atoms with van der Waals surface area (Å²) in [6.07, 6.45) is 0. The van der Waals surface area contributed by atoms with Crippen molar-refractivity contribution in [3.63, 3.8) is 0 Å². The molecule has 0 saturated carbocycles. The lowest BCUT2D eigenvalue weighted by Gasteiger charge is -2.25. The molecular formula is C23H15BrN2O5. The molecule has 1 aliphatic rings. The van der Waals surface area contributed by atoms with Crippen LogP contribution in [-0.2, 0) is 9.59 Å². The van der Waals surface area contributed by atoms with Gasteiger partial charge in [-0.2, -0.15) is 0 Å². The Balaban J connectivity index is 1.98. The molecule has 31 heavy (non-hydrogen) atoms. The summed E-state index contributed by atoms with van der Waals surface area (Å²) in [4.78, 5) is 38.1. The lowest BCUT2D eigenvalue weighted by atomic mass is 9.95. The van der Waals surface area contributed by atoms with Gasteiger partial charge in [-0.3, -0.25) is 24.6 Å². The zero-order valence-corrected chi connectivity index (χ0v) is 17.5. The minimum Gasteiger partial charge on any atom is -0.507 e. The first kappa shape index (κ1) is 20.5. The summed E-state index contributed by atoms with van der Waals surface area (Å²) in [5, 5.41) is 22.3. The highest BCUT2D eigenvalue weighted by Crippen LogP contribution is 2.43. The van der Waals surface area contributed by atoms with Gasteiger partial charge in [0.15, 0.2) is 0 Å². The SMILES string of the molecule is O=C1C(=O)N(c2cccc(Br)c2)[C@H](c2cccc([N+](=O)[O-])c2)/C1=C(\O)c1ccccc1. The monoisotopic (exact) mass is 478 g/mol. The van der Waals surface area contributed by atoms with Crippen LogP contribution in [0.2, 0.25) is 0 Å². The Hall–Kier alpha value is -3.78. The fourth-order valence-electron chi connectivity index (χ4n) is 3.60. The van der Waals surface area contributed by atoms with Crippen LogP contribution < -0.4 is 4.90 Å². The van der Waals surface area contributed by atoms with Gasteiger partial charge in [0.05, 0.1) is 16.5 Å². The van der Waals surface area contributed by atoms with E-state index in [0.717, 1.165) is 0 Å². The Morgan fingerprint density at radius 1 is 0.968 bits per heavy atom. The van der Waals surface area contributed by atoms with Crippen molar-refractivity contribution in [2.24, 2.45) is 0 Å². The van der Waals surface area contributed by atoms with Crippen LogP contribution in [-0.4, -0.2) is 21.7 Å². The summed E-state index contributed by atoms with van der Waals surface area (Å²) < 4.78 is 0.688. The van der Waals surface area contributed by atoms with Crippen LogP contribution in [0.4, 0.5) is 11.4 Å². The average molecular weight is 479 g/mol. The molecule has 1 fully saturated rings. The molecule has 1 heterocycles. The van der Waals surface area contributed by atoms with Gasteiger partial charge >= 0.3 is 0 Å². The van der Waals surface area contributed by atoms with Gasteiger partial charge in [-0.25, -0.2) is 0 Å². The quantitative estimate of drug-likeness (QED) is 0.187. The van der Waals surface area contributed by atoms with E-state index in [-0.39, 0.29) is 17.0 Å². The van der Waals surface area contributed by atoms with E-state index in [9.17, 15) is 24.8 Å². The average Bonchev–Trinajstić information content (AvgIpc) is 3.04. The minimum atomic E-state index is -1.03. The smallest absolute Gasteiger partial charge is 0.300 e. The maximum atomic E-state index is 13.0. The summed E-state index contributed by atoms with van der Waals surface area (Å²) in [6, 6.07) is 19.9. The van der Waals surface area contributed by atoms with Crippen molar-refractivity contribution in [3.05, 3.63) is 110 Å². The van der Waals surface area contributed by atoms with Crippen molar-refractivity contribution in [1.82, 2.24) is 0 Å². The minimum absolute atomic E-state index is 0.128. The summed E-state index contributed by atoms with van der Waals surface area (Å²) in [5.74, 6) is -2.03. The number of ketones is 1. The number of nitro benzene ring substituents is 1. The van der Waals surface area contributed by atoms with Crippen LogP contribution >= 0.6 is 15.9 Å². The van der Waals surface area contributed by atoms with Crippen LogP contribution in [0.25, 0.3) is 5.76 Å². The number of carbonyl (C=O) groups is 2. The third-order valence-electron chi connectivity index (χ3n) is 4.97. The van der Waals surface area contributed by atoms with Crippen LogP contribution in [0.15, 0.2) is 88.9 Å². The molecule has 8 heteroatoms. The fourth-order valence-corrected chi connectivity index (χ4v) is 3.99. The molecule has 0 unspecified atom stereocenters. The van der Waals surface area contributed by atoms with Crippen molar-refractivity contribution in [2.75, 3.05) is 4.90 Å². The van der Waals surface area contributed by atoms with Crippen molar-refractivity contribution in [3.8, 4) is 0 Å². The second-order valence-corrected chi connectivity index (χ2v) is 7.78. The molecule has 4 rings (SSSR count). The molecule has 1 aliphatic heterocycles. The van der Waals surface area contributed by atoms with Crippen molar-refractivity contribution >= 4 is 44.8 Å². The van der Waals surface area contributed by atoms with Gasteiger partial charge in [0.1, 0.15) is 5.76 Å². The molecule has 0 spiro atoms. The zero-order chi connectivity index (χ0) is 22.1. The lowest BCUT2D eigenvalue weighted by Crippen LogP contribution is -2.29. The van der Waals surface area contributed by atoms with Gasteiger partial charge in [0, 0.05) is 27.9 Å². The van der Waals surface area contributed by atoms with Crippen molar-refractivity contribution < 1.29 is 19.6 Å². The number of aliphatic hydroxyl groups excluding tert-OH is 1. The van der Waals surface area contributed by atoms with Gasteiger partial charge in [-0.05, 0) is 23.8 Å². The normalized spacial score (nSPS) is 17.7. The molecule has 0 aliphatic carbocycles. The largest absolute Gasteiger partial charge is 0.507 e. The van der Waals surface area contributed by atoms with Gasteiger partial charge in [0.2, 0.25) is 0 Å². The molecule has 154 valence electrons. The molecule has 1 N–H and O–H groups in total. The number of carbonyl (C=O) groups excluding carboxylic acids is 2.